The highest BCUT2D eigenvalue weighted by molar-refractivity contribution is 8.02. The molecule has 0 spiro atoms. The average Bonchev–Trinajstić information content (AvgIpc) is 2.55. The third-order valence-electron chi connectivity index (χ3n) is 5.11. The Morgan fingerprint density at radius 3 is 2.54 bits per heavy atom. The van der Waals surface area contributed by atoms with Crippen LogP contribution in [-0.4, -0.2) is 25.5 Å². The molecule has 2 nitrogen and oxygen atoms in total. The van der Waals surface area contributed by atoms with Crippen LogP contribution in [0.1, 0.15) is 25.7 Å². The number of ketones is 1. The number of thioether (sulfide) groups is 1. The highest BCUT2D eigenvalue weighted by Gasteiger charge is 2.54. The summed E-state index contributed by atoms with van der Waals surface area (Å²) in [7, 11) is 0.0783. The summed E-state index contributed by atoms with van der Waals surface area (Å²) in [5.74, 6) is 0.678. The zero-order chi connectivity index (χ0) is 17.8. The van der Waals surface area contributed by atoms with E-state index in [2.05, 4.69) is 50.5 Å². The van der Waals surface area contributed by atoms with Crippen LogP contribution < -0.4 is 0 Å². The first-order valence-corrected chi connectivity index (χ1v) is 13.1. The van der Waals surface area contributed by atoms with Crippen molar-refractivity contribution in [1.82, 2.24) is 0 Å². The first-order chi connectivity index (χ1) is 11.4. The zero-order valence-electron chi connectivity index (χ0n) is 15.4. The highest BCUT2D eigenvalue weighted by Crippen LogP contribution is 2.52. The van der Waals surface area contributed by atoms with Crippen molar-refractivity contribution in [2.45, 2.75) is 54.8 Å². The van der Waals surface area contributed by atoms with E-state index in [4.69, 9.17) is 4.74 Å². The summed E-state index contributed by atoms with van der Waals surface area (Å²) in [6.07, 6.45) is 5.40. The fourth-order valence-electron chi connectivity index (χ4n) is 3.99. The minimum Gasteiger partial charge on any atom is -0.371 e. The third kappa shape index (κ3) is 3.87. The summed E-state index contributed by atoms with van der Waals surface area (Å²) in [6.45, 7) is 11.0. The van der Waals surface area contributed by atoms with Crippen LogP contribution in [-0.2, 0) is 9.53 Å². The van der Waals surface area contributed by atoms with Gasteiger partial charge in [-0.05, 0) is 31.4 Å². The Kier molecular flexibility index (Phi) is 6.51. The quantitative estimate of drug-likeness (QED) is 0.275. The maximum absolute atomic E-state index is 12.6. The molecule has 24 heavy (non-hydrogen) atoms. The van der Waals surface area contributed by atoms with Gasteiger partial charge in [-0.25, -0.2) is 0 Å². The van der Waals surface area contributed by atoms with E-state index in [1.165, 1.54) is 4.90 Å². The van der Waals surface area contributed by atoms with Crippen LogP contribution in [0.5, 0.6) is 0 Å². The van der Waals surface area contributed by atoms with E-state index in [1.54, 1.807) is 0 Å². The van der Waals surface area contributed by atoms with Gasteiger partial charge >= 0.3 is 0 Å². The Balaban J connectivity index is 2.47. The molecule has 4 heteroatoms. The van der Waals surface area contributed by atoms with E-state index in [0.717, 1.165) is 19.3 Å². The number of carbonyl (C=O) groups is 1. The van der Waals surface area contributed by atoms with E-state index in [9.17, 15) is 4.79 Å². The molecule has 1 aromatic rings. The standard InChI is InChI=1S/C20H30O2SSi/c1-6-11-17-18(14-10-15-19(17)21)20(22-2,24(3,4)5)23-16-12-8-7-9-13-16/h6-9,12-13,17-18H,1,10-11,14-15H2,2-5H3/t17-,18+,20?/m0/s1. The number of benzene rings is 1. The number of methoxy groups -OCH3 is 1. The van der Waals surface area contributed by atoms with E-state index < -0.39 is 8.07 Å². The molecular weight excluding hydrogens is 332 g/mol. The molecule has 3 atom stereocenters. The number of Topliss-reactive ketones (excluding diaryl/α,β-unsaturated/α-hetero) is 1. The molecule has 1 unspecified atom stereocenters. The lowest BCUT2D eigenvalue weighted by Crippen LogP contribution is -2.59. The molecule has 1 aliphatic rings. The molecule has 0 aromatic heterocycles. The number of allylic oxidation sites excluding steroid dienone is 1. The minimum absolute atomic E-state index is 0.0409. The predicted octanol–water partition coefficient (Wildman–Crippen LogP) is 5.56. The van der Waals surface area contributed by atoms with Crippen molar-refractivity contribution in [2.24, 2.45) is 11.8 Å². The second-order valence-corrected chi connectivity index (χ2v) is 14.5. The SMILES string of the molecule is C=CC[C@@H]1C(=O)CCC[C@H]1C(OC)(Sc1ccccc1)[Si](C)(C)C. The van der Waals surface area contributed by atoms with E-state index >= 15 is 0 Å². The summed E-state index contributed by atoms with van der Waals surface area (Å²) in [6, 6.07) is 10.5. The van der Waals surface area contributed by atoms with Crippen LogP contribution in [0.25, 0.3) is 0 Å². The number of carbonyl (C=O) groups excluding carboxylic acids is 1. The smallest absolute Gasteiger partial charge is 0.136 e. The third-order valence-corrected chi connectivity index (χ3v) is 11.2. The van der Waals surface area contributed by atoms with Crippen molar-refractivity contribution < 1.29 is 9.53 Å². The Morgan fingerprint density at radius 2 is 2.00 bits per heavy atom. The van der Waals surface area contributed by atoms with Crippen molar-refractivity contribution in [2.75, 3.05) is 7.11 Å². The largest absolute Gasteiger partial charge is 0.371 e. The van der Waals surface area contributed by atoms with Crippen molar-refractivity contribution in [1.29, 1.82) is 0 Å². The summed E-state index contributed by atoms with van der Waals surface area (Å²) in [5, 5.41) is 0. The van der Waals surface area contributed by atoms with Gasteiger partial charge in [0, 0.05) is 30.3 Å². The molecule has 0 amide bonds. The highest BCUT2D eigenvalue weighted by atomic mass is 32.2. The summed E-state index contributed by atoms with van der Waals surface area (Å²) >= 11 is 1.83. The van der Waals surface area contributed by atoms with Crippen LogP contribution in [0.2, 0.25) is 19.6 Å². The fraction of sp³-hybridized carbons (Fsp3) is 0.550. The van der Waals surface area contributed by atoms with Gasteiger partial charge < -0.3 is 4.74 Å². The fourth-order valence-corrected chi connectivity index (χ4v) is 8.79. The molecule has 2 rings (SSSR count). The Morgan fingerprint density at radius 1 is 1.33 bits per heavy atom. The predicted molar refractivity (Wildman–Crippen MR) is 106 cm³/mol. The topological polar surface area (TPSA) is 26.3 Å². The summed E-state index contributed by atoms with van der Waals surface area (Å²) in [4.78, 5) is 13.9. The molecule has 1 fully saturated rings. The lowest BCUT2D eigenvalue weighted by molar-refractivity contribution is -0.129. The van der Waals surface area contributed by atoms with Crippen molar-refractivity contribution in [3.63, 3.8) is 0 Å². The van der Waals surface area contributed by atoms with E-state index in [-0.39, 0.29) is 16.4 Å². The number of hydrogen-bond acceptors (Lipinski definition) is 3. The van der Waals surface area contributed by atoms with Crippen molar-refractivity contribution in [3.05, 3.63) is 43.0 Å². The van der Waals surface area contributed by atoms with Gasteiger partial charge in [0.15, 0.2) is 0 Å². The van der Waals surface area contributed by atoms with Crippen molar-refractivity contribution in [3.8, 4) is 0 Å². The van der Waals surface area contributed by atoms with Gasteiger partial charge in [0.05, 0.1) is 8.07 Å². The number of ether oxygens (including phenoxy) is 1. The Labute approximate surface area is 152 Å². The monoisotopic (exact) mass is 362 g/mol. The van der Waals surface area contributed by atoms with Gasteiger partial charge in [-0.3, -0.25) is 4.79 Å². The van der Waals surface area contributed by atoms with Crippen molar-refractivity contribution >= 4 is 25.6 Å². The second kappa shape index (κ2) is 8.02. The lowest BCUT2D eigenvalue weighted by atomic mass is 9.76. The van der Waals surface area contributed by atoms with Gasteiger partial charge in [0.1, 0.15) is 10.3 Å². The number of rotatable bonds is 7. The normalized spacial score (nSPS) is 24.4. The molecule has 132 valence electrons. The van der Waals surface area contributed by atoms with Gasteiger partial charge in [-0.2, -0.15) is 0 Å². The lowest BCUT2D eigenvalue weighted by Gasteiger charge is -2.51. The summed E-state index contributed by atoms with van der Waals surface area (Å²) < 4.78 is 6.00. The molecule has 0 aliphatic heterocycles. The first kappa shape index (κ1) is 19.5. The minimum atomic E-state index is -1.75. The molecule has 1 saturated carbocycles. The van der Waals surface area contributed by atoms with Gasteiger partial charge in [-0.15, -0.1) is 6.58 Å². The molecule has 0 radical (unpaired) electrons. The molecule has 0 bridgehead atoms. The van der Waals surface area contributed by atoms with Gasteiger partial charge in [0.25, 0.3) is 0 Å². The van der Waals surface area contributed by atoms with Crippen LogP contribution in [0.4, 0.5) is 0 Å². The van der Waals surface area contributed by atoms with E-state index in [1.807, 2.05) is 31.0 Å². The second-order valence-electron chi connectivity index (χ2n) is 7.63. The van der Waals surface area contributed by atoms with Crippen LogP contribution >= 0.6 is 11.8 Å². The maximum Gasteiger partial charge on any atom is 0.136 e. The molecule has 0 N–H and O–H groups in total. The van der Waals surface area contributed by atoms with Crippen LogP contribution in [0.3, 0.4) is 0 Å². The summed E-state index contributed by atoms with van der Waals surface area (Å²) in [5.41, 5.74) is 0. The average molecular weight is 363 g/mol. The Bertz CT molecular complexity index is 567. The molecular formula is C20H30O2SSi. The molecule has 0 saturated heterocycles. The van der Waals surface area contributed by atoms with Crippen LogP contribution in [0, 0.1) is 11.8 Å². The van der Waals surface area contributed by atoms with Gasteiger partial charge in [-0.1, -0.05) is 55.7 Å². The molecule has 1 aromatic carbocycles. The first-order valence-electron chi connectivity index (χ1n) is 8.78. The zero-order valence-corrected chi connectivity index (χ0v) is 17.2. The van der Waals surface area contributed by atoms with Gasteiger partial charge in [0.2, 0.25) is 0 Å². The maximum atomic E-state index is 12.6. The number of hydrogen-bond donors (Lipinski definition) is 0. The van der Waals surface area contributed by atoms with Crippen LogP contribution in [0.15, 0.2) is 47.9 Å². The molecule has 0 heterocycles. The Hall–Kier alpha value is -0.843. The van der Waals surface area contributed by atoms with E-state index in [0.29, 0.717) is 12.2 Å². The molecule has 1 aliphatic carbocycles.